The first-order valence-electron chi connectivity index (χ1n) is 8.73. The molecule has 1 saturated heterocycles. The van der Waals surface area contributed by atoms with Crippen LogP contribution < -0.4 is 10.1 Å². The zero-order chi connectivity index (χ0) is 18.4. The molecule has 0 bridgehead atoms. The van der Waals surface area contributed by atoms with E-state index < -0.39 is 0 Å². The van der Waals surface area contributed by atoms with Gasteiger partial charge in [0.25, 0.3) is 0 Å². The molecule has 3 rings (SSSR count). The molecule has 1 atom stereocenters. The summed E-state index contributed by atoms with van der Waals surface area (Å²) in [5.41, 5.74) is 2.02. The van der Waals surface area contributed by atoms with Gasteiger partial charge in [0.15, 0.2) is 0 Å². The molecule has 26 heavy (non-hydrogen) atoms. The number of likely N-dealkylation sites (tertiary alicyclic amines) is 1. The third-order valence-corrected chi connectivity index (χ3v) is 4.57. The molecule has 0 saturated carbocycles. The van der Waals surface area contributed by atoms with Gasteiger partial charge in [-0.1, -0.05) is 24.3 Å². The van der Waals surface area contributed by atoms with E-state index in [1.807, 2.05) is 36.4 Å². The first-order chi connectivity index (χ1) is 12.7. The van der Waals surface area contributed by atoms with Gasteiger partial charge < -0.3 is 15.0 Å². The standard InChI is InChI=1S/C20H23N3O3/c1-26-18-7-3-2-6-16(18)8-10-22-20(25)17-11-19(24)23(14-17)13-15-5-4-9-21-12-15/h2-7,9,12,17H,8,10-11,13-14H2,1H3,(H,22,25). The maximum Gasteiger partial charge on any atom is 0.225 e. The highest BCUT2D eigenvalue weighted by Gasteiger charge is 2.34. The van der Waals surface area contributed by atoms with Crippen molar-refractivity contribution in [2.24, 2.45) is 5.92 Å². The molecule has 1 aliphatic heterocycles. The molecule has 0 aliphatic carbocycles. The van der Waals surface area contributed by atoms with E-state index in [1.54, 1.807) is 24.4 Å². The summed E-state index contributed by atoms with van der Waals surface area (Å²) in [6.07, 6.45) is 4.40. The van der Waals surface area contributed by atoms with Crippen molar-refractivity contribution in [3.63, 3.8) is 0 Å². The average molecular weight is 353 g/mol. The van der Waals surface area contributed by atoms with E-state index >= 15 is 0 Å². The number of amides is 2. The third-order valence-electron chi connectivity index (χ3n) is 4.57. The minimum Gasteiger partial charge on any atom is -0.496 e. The molecule has 6 heteroatoms. The van der Waals surface area contributed by atoms with Gasteiger partial charge in [-0.05, 0) is 29.7 Å². The van der Waals surface area contributed by atoms with Crippen molar-refractivity contribution in [2.45, 2.75) is 19.4 Å². The molecule has 1 aromatic carbocycles. The number of benzene rings is 1. The number of rotatable bonds is 7. The third kappa shape index (κ3) is 4.39. The van der Waals surface area contributed by atoms with Crippen molar-refractivity contribution in [3.05, 3.63) is 59.9 Å². The van der Waals surface area contributed by atoms with Gasteiger partial charge in [-0.3, -0.25) is 14.6 Å². The van der Waals surface area contributed by atoms with Crippen molar-refractivity contribution in [3.8, 4) is 5.75 Å². The Bertz CT molecular complexity index is 764. The number of aromatic nitrogens is 1. The summed E-state index contributed by atoms with van der Waals surface area (Å²) in [7, 11) is 1.64. The number of hydrogen-bond donors (Lipinski definition) is 1. The highest BCUT2D eigenvalue weighted by atomic mass is 16.5. The van der Waals surface area contributed by atoms with E-state index in [0.717, 1.165) is 16.9 Å². The Hall–Kier alpha value is -2.89. The predicted octanol–water partition coefficient (Wildman–Crippen LogP) is 1.80. The van der Waals surface area contributed by atoms with Crippen molar-refractivity contribution in [1.29, 1.82) is 0 Å². The van der Waals surface area contributed by atoms with Gasteiger partial charge in [0, 0.05) is 38.4 Å². The van der Waals surface area contributed by atoms with Crippen molar-refractivity contribution in [1.82, 2.24) is 15.2 Å². The number of methoxy groups -OCH3 is 1. The van der Waals surface area contributed by atoms with Gasteiger partial charge in [0.2, 0.25) is 11.8 Å². The second-order valence-corrected chi connectivity index (χ2v) is 6.39. The zero-order valence-electron chi connectivity index (χ0n) is 14.9. The molecule has 2 aromatic rings. The summed E-state index contributed by atoms with van der Waals surface area (Å²) in [5, 5.41) is 2.94. The Morgan fingerprint density at radius 3 is 2.92 bits per heavy atom. The van der Waals surface area contributed by atoms with E-state index in [2.05, 4.69) is 10.3 Å². The van der Waals surface area contributed by atoms with Crippen LogP contribution in [-0.4, -0.2) is 41.9 Å². The Labute approximate surface area is 153 Å². The lowest BCUT2D eigenvalue weighted by Crippen LogP contribution is -2.34. The van der Waals surface area contributed by atoms with Crippen LogP contribution in [-0.2, 0) is 22.6 Å². The van der Waals surface area contributed by atoms with Crippen LogP contribution in [0, 0.1) is 5.92 Å². The van der Waals surface area contributed by atoms with Crippen LogP contribution in [0.2, 0.25) is 0 Å². The molecule has 2 amide bonds. The summed E-state index contributed by atoms with van der Waals surface area (Å²) >= 11 is 0. The zero-order valence-corrected chi connectivity index (χ0v) is 14.9. The summed E-state index contributed by atoms with van der Waals surface area (Å²) < 4.78 is 5.32. The summed E-state index contributed by atoms with van der Waals surface area (Å²) in [6, 6.07) is 11.5. The monoisotopic (exact) mass is 353 g/mol. The number of hydrogen-bond acceptors (Lipinski definition) is 4. The van der Waals surface area contributed by atoms with Gasteiger partial charge in [-0.2, -0.15) is 0 Å². The van der Waals surface area contributed by atoms with E-state index in [1.165, 1.54) is 0 Å². The van der Waals surface area contributed by atoms with E-state index in [0.29, 0.717) is 26.1 Å². The fraction of sp³-hybridized carbons (Fsp3) is 0.350. The molecular weight excluding hydrogens is 330 g/mol. The summed E-state index contributed by atoms with van der Waals surface area (Å²) in [5.74, 6) is 0.470. The number of nitrogens with zero attached hydrogens (tertiary/aromatic N) is 2. The summed E-state index contributed by atoms with van der Waals surface area (Å²) in [6.45, 7) is 1.47. The Kier molecular flexibility index (Phi) is 5.84. The van der Waals surface area contributed by atoms with Gasteiger partial charge in [0.1, 0.15) is 5.75 Å². The largest absolute Gasteiger partial charge is 0.496 e. The van der Waals surface area contributed by atoms with Gasteiger partial charge >= 0.3 is 0 Å². The van der Waals surface area contributed by atoms with E-state index in [9.17, 15) is 9.59 Å². The quantitative estimate of drug-likeness (QED) is 0.824. The minimum atomic E-state index is -0.295. The maximum absolute atomic E-state index is 12.4. The van der Waals surface area contributed by atoms with Crippen molar-refractivity contribution >= 4 is 11.8 Å². The van der Waals surface area contributed by atoms with Crippen LogP contribution >= 0.6 is 0 Å². The van der Waals surface area contributed by atoms with E-state index in [-0.39, 0.29) is 24.2 Å². The molecule has 0 radical (unpaired) electrons. The fourth-order valence-electron chi connectivity index (χ4n) is 3.19. The van der Waals surface area contributed by atoms with Crippen LogP contribution in [0.1, 0.15) is 17.5 Å². The Morgan fingerprint density at radius 1 is 1.31 bits per heavy atom. The molecule has 1 N–H and O–H groups in total. The van der Waals surface area contributed by atoms with Gasteiger partial charge in [-0.25, -0.2) is 0 Å². The highest BCUT2D eigenvalue weighted by molar-refractivity contribution is 5.89. The first-order valence-corrected chi connectivity index (χ1v) is 8.73. The fourth-order valence-corrected chi connectivity index (χ4v) is 3.19. The second-order valence-electron chi connectivity index (χ2n) is 6.39. The second kappa shape index (κ2) is 8.47. The molecule has 1 fully saturated rings. The number of nitrogens with one attached hydrogen (secondary N) is 1. The van der Waals surface area contributed by atoms with Crippen LogP contribution in [0.15, 0.2) is 48.8 Å². The molecule has 2 heterocycles. The molecular formula is C20H23N3O3. The molecule has 1 aromatic heterocycles. The van der Waals surface area contributed by atoms with Gasteiger partial charge in [-0.15, -0.1) is 0 Å². The minimum absolute atomic E-state index is 0.0127. The number of carbonyl (C=O) groups is 2. The number of pyridine rings is 1. The topological polar surface area (TPSA) is 71.5 Å². The average Bonchev–Trinajstić information content (AvgIpc) is 3.03. The lowest BCUT2D eigenvalue weighted by molar-refractivity contribution is -0.129. The lowest BCUT2D eigenvalue weighted by Gasteiger charge is -2.16. The molecule has 1 unspecified atom stereocenters. The van der Waals surface area contributed by atoms with Crippen LogP contribution in [0.25, 0.3) is 0 Å². The van der Waals surface area contributed by atoms with Crippen LogP contribution in [0.4, 0.5) is 0 Å². The Balaban J connectivity index is 1.49. The molecule has 1 aliphatic rings. The molecule has 6 nitrogen and oxygen atoms in total. The van der Waals surface area contributed by atoms with Crippen LogP contribution in [0.3, 0.4) is 0 Å². The maximum atomic E-state index is 12.4. The van der Waals surface area contributed by atoms with Crippen LogP contribution in [0.5, 0.6) is 5.75 Å². The number of carbonyl (C=O) groups excluding carboxylic acids is 2. The molecule has 0 spiro atoms. The Morgan fingerprint density at radius 2 is 2.15 bits per heavy atom. The van der Waals surface area contributed by atoms with Crippen molar-refractivity contribution in [2.75, 3.05) is 20.2 Å². The lowest BCUT2D eigenvalue weighted by atomic mass is 10.1. The number of para-hydroxylation sites is 1. The van der Waals surface area contributed by atoms with Gasteiger partial charge in [0.05, 0.1) is 13.0 Å². The summed E-state index contributed by atoms with van der Waals surface area (Å²) in [4.78, 5) is 30.4. The van der Waals surface area contributed by atoms with Crippen molar-refractivity contribution < 1.29 is 14.3 Å². The van der Waals surface area contributed by atoms with E-state index in [4.69, 9.17) is 4.74 Å². The number of ether oxygens (including phenoxy) is 1. The first kappa shape index (κ1) is 17.9. The SMILES string of the molecule is COc1ccccc1CCNC(=O)C1CC(=O)N(Cc2cccnc2)C1. The smallest absolute Gasteiger partial charge is 0.225 e. The molecule has 136 valence electrons. The highest BCUT2D eigenvalue weighted by Crippen LogP contribution is 2.21. The predicted molar refractivity (Wildman–Crippen MR) is 97.5 cm³/mol. The normalized spacial score (nSPS) is 16.6.